The lowest BCUT2D eigenvalue weighted by Crippen LogP contribution is -2.54. The van der Waals surface area contributed by atoms with Crippen LogP contribution in [0.15, 0.2) is 0 Å². The Hall–Kier alpha value is -1.30. The third-order valence-corrected chi connectivity index (χ3v) is 2.50. The first kappa shape index (κ1) is 14.7. The number of nitrogens with zero attached hydrogens (tertiary/aromatic N) is 2. The van der Waals surface area contributed by atoms with Gasteiger partial charge in [0.2, 0.25) is 0 Å². The van der Waals surface area contributed by atoms with Crippen LogP contribution in [0.2, 0.25) is 0 Å². The minimum absolute atomic E-state index is 0.380. The molecule has 0 unspecified atom stereocenters. The van der Waals surface area contributed by atoms with Gasteiger partial charge in [0.15, 0.2) is 0 Å². The molecule has 94 valence electrons. The Balaban J connectivity index is 4.24. The highest BCUT2D eigenvalue weighted by molar-refractivity contribution is 5.85. The Labute approximate surface area is 96.2 Å². The first-order valence-corrected chi connectivity index (χ1v) is 5.09. The lowest BCUT2D eigenvalue weighted by Gasteiger charge is -2.31. The summed E-state index contributed by atoms with van der Waals surface area (Å²) in [6, 6.07) is -0.380. The van der Waals surface area contributed by atoms with Crippen LogP contribution in [0.1, 0.15) is 13.8 Å². The number of aliphatic carboxylic acids is 1. The predicted molar refractivity (Wildman–Crippen MR) is 61.4 cm³/mol. The summed E-state index contributed by atoms with van der Waals surface area (Å²) < 4.78 is 0. The van der Waals surface area contributed by atoms with Crippen molar-refractivity contribution in [1.29, 1.82) is 0 Å². The summed E-state index contributed by atoms with van der Waals surface area (Å²) in [4.78, 5) is 25.6. The van der Waals surface area contributed by atoms with E-state index in [1.54, 1.807) is 0 Å². The van der Waals surface area contributed by atoms with Gasteiger partial charge in [-0.15, -0.1) is 0 Å². The smallest absolute Gasteiger partial charge is 0.329 e. The number of amides is 2. The minimum Gasteiger partial charge on any atom is -0.480 e. The van der Waals surface area contributed by atoms with Crippen molar-refractivity contribution in [1.82, 2.24) is 15.1 Å². The number of hydrogen-bond donors (Lipinski definition) is 2. The molecule has 0 aromatic carbocycles. The molecule has 0 aliphatic rings. The Bertz CT molecular complexity index is 264. The molecule has 0 spiro atoms. The highest BCUT2D eigenvalue weighted by Crippen LogP contribution is 2.11. The number of nitrogens with one attached hydrogen (secondary N) is 1. The molecule has 0 atom stereocenters. The highest BCUT2D eigenvalue weighted by Gasteiger charge is 2.34. The maximum atomic E-state index is 11.6. The molecule has 0 rings (SSSR count). The Morgan fingerprint density at radius 2 is 1.75 bits per heavy atom. The maximum absolute atomic E-state index is 11.6. The van der Waals surface area contributed by atoms with Gasteiger partial charge in [-0.05, 0) is 27.9 Å². The molecule has 0 aromatic rings. The molecule has 0 fully saturated rings. The van der Waals surface area contributed by atoms with Crippen LogP contribution in [0.3, 0.4) is 0 Å². The van der Waals surface area contributed by atoms with Crippen LogP contribution in [-0.4, -0.2) is 66.7 Å². The third kappa shape index (κ3) is 4.06. The van der Waals surface area contributed by atoms with Gasteiger partial charge in [0, 0.05) is 20.1 Å². The summed E-state index contributed by atoms with van der Waals surface area (Å²) in [5.74, 6) is -1.03. The zero-order chi connectivity index (χ0) is 12.9. The molecule has 2 N–H and O–H groups in total. The lowest BCUT2D eigenvalue weighted by atomic mass is 10.1. The monoisotopic (exact) mass is 231 g/mol. The summed E-state index contributed by atoms with van der Waals surface area (Å²) in [6.45, 7) is 4.18. The average Bonchev–Trinajstić information content (AvgIpc) is 2.15. The maximum Gasteiger partial charge on any atom is 0.329 e. The molecule has 2 amide bonds. The normalized spacial score (nSPS) is 11.4. The quantitative estimate of drug-likeness (QED) is 0.701. The fourth-order valence-corrected chi connectivity index (χ4v) is 0.902. The van der Waals surface area contributed by atoms with Gasteiger partial charge in [0.1, 0.15) is 5.54 Å². The van der Waals surface area contributed by atoms with E-state index in [1.807, 2.05) is 19.0 Å². The van der Waals surface area contributed by atoms with Crippen molar-refractivity contribution < 1.29 is 14.7 Å². The van der Waals surface area contributed by atoms with Gasteiger partial charge >= 0.3 is 12.0 Å². The van der Waals surface area contributed by atoms with Crippen LogP contribution < -0.4 is 5.32 Å². The molecule has 0 heterocycles. The van der Waals surface area contributed by atoms with E-state index in [9.17, 15) is 9.59 Å². The Kier molecular flexibility index (Phi) is 5.23. The van der Waals surface area contributed by atoms with Gasteiger partial charge in [-0.25, -0.2) is 9.59 Å². The lowest BCUT2D eigenvalue weighted by molar-refractivity contribution is -0.146. The van der Waals surface area contributed by atoms with Gasteiger partial charge in [-0.1, -0.05) is 0 Å². The van der Waals surface area contributed by atoms with Crippen LogP contribution in [0, 0.1) is 0 Å². The molecule has 0 bridgehead atoms. The summed E-state index contributed by atoms with van der Waals surface area (Å²) in [7, 11) is 5.27. The SMILES string of the molecule is CN(C)CCNC(=O)N(C)C(C)(C)C(=O)O. The number of carboxylic acid groups (broad SMARTS) is 1. The van der Waals surface area contributed by atoms with Gasteiger partial charge in [-0.2, -0.15) is 0 Å². The van der Waals surface area contributed by atoms with E-state index < -0.39 is 11.5 Å². The van der Waals surface area contributed by atoms with E-state index in [0.29, 0.717) is 13.1 Å². The third-order valence-electron chi connectivity index (χ3n) is 2.50. The summed E-state index contributed by atoms with van der Waals surface area (Å²) >= 11 is 0. The van der Waals surface area contributed by atoms with Crippen molar-refractivity contribution in [2.75, 3.05) is 34.2 Å². The van der Waals surface area contributed by atoms with Crippen molar-refractivity contribution in [3.8, 4) is 0 Å². The minimum atomic E-state index is -1.21. The van der Waals surface area contributed by atoms with Crippen molar-refractivity contribution in [3.63, 3.8) is 0 Å². The standard InChI is InChI=1S/C10H21N3O3/c1-10(2,8(14)15)13(5)9(16)11-6-7-12(3)4/h6-7H2,1-5H3,(H,11,16)(H,14,15). The summed E-state index contributed by atoms with van der Waals surface area (Å²) in [6.07, 6.45) is 0. The van der Waals surface area contributed by atoms with Gasteiger partial charge < -0.3 is 20.2 Å². The van der Waals surface area contributed by atoms with Gasteiger partial charge in [-0.3, -0.25) is 0 Å². The zero-order valence-corrected chi connectivity index (χ0v) is 10.6. The second kappa shape index (κ2) is 5.69. The largest absolute Gasteiger partial charge is 0.480 e. The molecule has 0 aliphatic heterocycles. The number of carbonyl (C=O) groups is 2. The van der Waals surface area contributed by atoms with Crippen LogP contribution in [-0.2, 0) is 4.79 Å². The fourth-order valence-electron chi connectivity index (χ4n) is 0.902. The molecule has 6 nitrogen and oxygen atoms in total. The summed E-state index contributed by atoms with van der Waals surface area (Å²) in [5, 5.41) is 11.6. The van der Waals surface area contributed by atoms with Gasteiger partial charge in [0.25, 0.3) is 0 Å². The number of rotatable bonds is 5. The number of likely N-dealkylation sites (N-methyl/N-ethyl adjacent to an activating group) is 2. The number of hydrogen-bond acceptors (Lipinski definition) is 3. The molecular formula is C10H21N3O3. The second-order valence-electron chi connectivity index (χ2n) is 4.46. The van der Waals surface area contributed by atoms with E-state index in [4.69, 9.17) is 5.11 Å². The average molecular weight is 231 g/mol. The van der Waals surface area contributed by atoms with E-state index in [2.05, 4.69) is 5.32 Å². The van der Waals surface area contributed by atoms with Crippen molar-refractivity contribution in [2.45, 2.75) is 19.4 Å². The zero-order valence-electron chi connectivity index (χ0n) is 10.6. The summed E-state index contributed by atoms with van der Waals surface area (Å²) in [5.41, 5.74) is -1.21. The van der Waals surface area contributed by atoms with E-state index in [1.165, 1.54) is 25.8 Å². The number of carbonyl (C=O) groups excluding carboxylic acids is 1. The molecule has 16 heavy (non-hydrogen) atoms. The van der Waals surface area contributed by atoms with Crippen LogP contribution in [0.5, 0.6) is 0 Å². The van der Waals surface area contributed by atoms with Crippen LogP contribution in [0.25, 0.3) is 0 Å². The van der Waals surface area contributed by atoms with E-state index >= 15 is 0 Å². The molecule has 0 aliphatic carbocycles. The molecular weight excluding hydrogens is 210 g/mol. The molecule has 0 saturated heterocycles. The van der Waals surface area contributed by atoms with Crippen molar-refractivity contribution >= 4 is 12.0 Å². The van der Waals surface area contributed by atoms with E-state index in [-0.39, 0.29) is 6.03 Å². The van der Waals surface area contributed by atoms with Gasteiger partial charge in [0.05, 0.1) is 0 Å². The van der Waals surface area contributed by atoms with Crippen molar-refractivity contribution in [2.24, 2.45) is 0 Å². The number of urea groups is 1. The van der Waals surface area contributed by atoms with E-state index in [0.717, 1.165) is 0 Å². The van der Waals surface area contributed by atoms with Crippen molar-refractivity contribution in [3.05, 3.63) is 0 Å². The Morgan fingerprint density at radius 1 is 1.25 bits per heavy atom. The molecule has 6 heteroatoms. The molecule has 0 radical (unpaired) electrons. The van der Waals surface area contributed by atoms with Crippen LogP contribution >= 0.6 is 0 Å². The van der Waals surface area contributed by atoms with Crippen LogP contribution in [0.4, 0.5) is 4.79 Å². The molecule has 0 aromatic heterocycles. The second-order valence-corrected chi connectivity index (χ2v) is 4.46. The topological polar surface area (TPSA) is 72.9 Å². The molecule has 0 saturated carbocycles. The first-order valence-electron chi connectivity index (χ1n) is 5.09. The predicted octanol–water partition coefficient (Wildman–Crippen LogP) is 0.0526. The number of carboxylic acids is 1. The first-order chi connectivity index (χ1) is 7.19. The Morgan fingerprint density at radius 3 is 2.12 bits per heavy atom. The highest BCUT2D eigenvalue weighted by atomic mass is 16.4. The fraction of sp³-hybridized carbons (Fsp3) is 0.800.